The average molecular weight is 244 g/mol. The van der Waals surface area contributed by atoms with Crippen molar-refractivity contribution in [2.24, 2.45) is 0 Å². The molecule has 0 aliphatic heterocycles. The van der Waals surface area contributed by atoms with Crippen LogP contribution in [-0.4, -0.2) is 5.78 Å². The first kappa shape index (κ1) is 12.2. The molecule has 0 N–H and O–H groups in total. The van der Waals surface area contributed by atoms with E-state index in [4.69, 9.17) is 0 Å². The summed E-state index contributed by atoms with van der Waals surface area (Å²) in [5.41, 5.74) is 0.927. The molecular weight excluding hydrogens is 234 g/mol. The van der Waals surface area contributed by atoms with Crippen molar-refractivity contribution in [1.82, 2.24) is 0 Å². The molecule has 1 nitrogen and oxygen atoms in total. The molecule has 0 heterocycles. The maximum Gasteiger partial charge on any atom is 0.193 e. The van der Waals surface area contributed by atoms with Crippen LogP contribution in [-0.2, 0) is 0 Å². The van der Waals surface area contributed by atoms with Gasteiger partial charge in [-0.1, -0.05) is 18.7 Å². The monoisotopic (exact) mass is 244 g/mol. The molecule has 2 rings (SSSR count). The van der Waals surface area contributed by atoms with Crippen molar-refractivity contribution < 1.29 is 13.6 Å². The van der Waals surface area contributed by atoms with Crippen LogP contribution in [0.15, 0.2) is 55.1 Å². The molecule has 0 spiro atoms. The van der Waals surface area contributed by atoms with Gasteiger partial charge < -0.3 is 0 Å². The highest BCUT2D eigenvalue weighted by Gasteiger charge is 2.12. The number of halogens is 2. The zero-order chi connectivity index (χ0) is 13.1. The van der Waals surface area contributed by atoms with Crippen LogP contribution in [0.2, 0.25) is 0 Å². The van der Waals surface area contributed by atoms with Gasteiger partial charge in [0.2, 0.25) is 0 Å². The fraction of sp³-hybridized carbons (Fsp3) is 0. The molecular formula is C15H10F2O. The van der Waals surface area contributed by atoms with Crippen molar-refractivity contribution in [3.05, 3.63) is 77.9 Å². The molecule has 0 fully saturated rings. The number of carbonyl (C=O) groups excluding carboxylic acids is 1. The zero-order valence-electron chi connectivity index (χ0n) is 9.49. The maximum atomic E-state index is 13.0. The predicted molar refractivity (Wildman–Crippen MR) is 66.2 cm³/mol. The third kappa shape index (κ3) is 2.51. The van der Waals surface area contributed by atoms with Gasteiger partial charge in [-0.2, -0.15) is 0 Å². The molecule has 0 radical (unpaired) electrons. The van der Waals surface area contributed by atoms with E-state index in [0.717, 1.165) is 0 Å². The number of carbonyl (C=O) groups is 1. The van der Waals surface area contributed by atoms with E-state index in [1.165, 1.54) is 42.5 Å². The number of ketones is 1. The molecule has 0 atom stereocenters. The van der Waals surface area contributed by atoms with E-state index >= 15 is 0 Å². The largest absolute Gasteiger partial charge is 0.289 e. The molecule has 18 heavy (non-hydrogen) atoms. The molecule has 3 heteroatoms. The van der Waals surface area contributed by atoms with Gasteiger partial charge >= 0.3 is 0 Å². The van der Waals surface area contributed by atoms with Gasteiger partial charge in [-0.05, 0) is 42.0 Å². The van der Waals surface area contributed by atoms with Gasteiger partial charge in [0.1, 0.15) is 11.6 Å². The lowest BCUT2D eigenvalue weighted by Crippen LogP contribution is -2.02. The molecule has 0 amide bonds. The predicted octanol–water partition coefficient (Wildman–Crippen LogP) is 3.86. The molecule has 90 valence electrons. The minimum Gasteiger partial charge on any atom is -0.289 e. The van der Waals surface area contributed by atoms with Crippen LogP contribution in [0, 0.1) is 11.6 Å². The van der Waals surface area contributed by atoms with Crippen LogP contribution >= 0.6 is 0 Å². The summed E-state index contributed by atoms with van der Waals surface area (Å²) < 4.78 is 25.8. The molecule has 0 aromatic heterocycles. The standard InChI is InChI=1S/C15H10F2O/c1-10(12-3-2-4-14(17)9-12)15(18)11-5-7-13(16)8-6-11/h2-9H,1H2. The summed E-state index contributed by atoms with van der Waals surface area (Å²) in [5.74, 6) is -1.19. The first-order valence-corrected chi connectivity index (χ1v) is 5.33. The number of hydrogen-bond acceptors (Lipinski definition) is 1. The normalized spacial score (nSPS) is 10.1. The Morgan fingerprint density at radius 3 is 2.17 bits per heavy atom. The lowest BCUT2D eigenvalue weighted by Gasteiger charge is -2.05. The van der Waals surface area contributed by atoms with Crippen LogP contribution in [0.4, 0.5) is 8.78 Å². The number of hydrogen-bond donors (Lipinski definition) is 0. The molecule has 0 saturated carbocycles. The van der Waals surface area contributed by atoms with Gasteiger partial charge in [-0.15, -0.1) is 0 Å². The summed E-state index contributed by atoms with van der Waals surface area (Å²) in [6.45, 7) is 3.65. The summed E-state index contributed by atoms with van der Waals surface area (Å²) in [4.78, 5) is 12.0. The molecule has 0 bridgehead atoms. The number of benzene rings is 2. The SMILES string of the molecule is C=C(C(=O)c1ccc(F)cc1)c1cccc(F)c1. The van der Waals surface area contributed by atoms with Crippen LogP contribution in [0.25, 0.3) is 5.57 Å². The van der Waals surface area contributed by atoms with E-state index in [1.807, 2.05) is 0 Å². The molecule has 0 saturated heterocycles. The fourth-order valence-electron chi connectivity index (χ4n) is 1.58. The first-order chi connectivity index (χ1) is 8.58. The maximum absolute atomic E-state index is 13.0. The second kappa shape index (κ2) is 4.92. The third-order valence-electron chi connectivity index (χ3n) is 2.55. The zero-order valence-corrected chi connectivity index (χ0v) is 9.49. The summed E-state index contributed by atoms with van der Waals surface area (Å²) in [6, 6.07) is 10.8. The summed E-state index contributed by atoms with van der Waals surface area (Å²) in [7, 11) is 0. The van der Waals surface area contributed by atoms with E-state index in [2.05, 4.69) is 6.58 Å². The smallest absolute Gasteiger partial charge is 0.193 e. The topological polar surface area (TPSA) is 17.1 Å². The van der Waals surface area contributed by atoms with E-state index in [-0.39, 0.29) is 11.4 Å². The lowest BCUT2D eigenvalue weighted by atomic mass is 9.98. The Morgan fingerprint density at radius 1 is 0.889 bits per heavy atom. The lowest BCUT2D eigenvalue weighted by molar-refractivity contribution is 0.105. The minimum absolute atomic E-state index is 0.182. The van der Waals surface area contributed by atoms with Gasteiger partial charge in [-0.25, -0.2) is 8.78 Å². The highest BCUT2D eigenvalue weighted by Crippen LogP contribution is 2.19. The van der Waals surface area contributed by atoms with Crippen molar-refractivity contribution in [3.63, 3.8) is 0 Å². The Morgan fingerprint density at radius 2 is 1.56 bits per heavy atom. The molecule has 2 aromatic carbocycles. The molecule has 2 aromatic rings. The highest BCUT2D eigenvalue weighted by atomic mass is 19.1. The number of rotatable bonds is 3. The minimum atomic E-state index is -0.430. The number of allylic oxidation sites excluding steroid dienone is 1. The van der Waals surface area contributed by atoms with E-state index in [0.29, 0.717) is 11.1 Å². The second-order valence-electron chi connectivity index (χ2n) is 3.82. The van der Waals surface area contributed by atoms with Gasteiger partial charge in [0.15, 0.2) is 5.78 Å². The molecule has 0 unspecified atom stereocenters. The van der Waals surface area contributed by atoms with Crippen LogP contribution in [0.3, 0.4) is 0 Å². The van der Waals surface area contributed by atoms with Crippen molar-refractivity contribution in [1.29, 1.82) is 0 Å². The van der Waals surface area contributed by atoms with Crippen LogP contribution in [0.5, 0.6) is 0 Å². The Hall–Kier alpha value is -2.29. The molecule has 0 aliphatic rings. The Labute approximate surface area is 103 Å². The summed E-state index contributed by atoms with van der Waals surface area (Å²) >= 11 is 0. The third-order valence-corrected chi connectivity index (χ3v) is 2.55. The van der Waals surface area contributed by atoms with E-state index in [1.54, 1.807) is 6.07 Å². The summed E-state index contributed by atoms with van der Waals surface area (Å²) in [5, 5.41) is 0. The average Bonchev–Trinajstić information content (AvgIpc) is 2.38. The van der Waals surface area contributed by atoms with Crippen molar-refractivity contribution >= 4 is 11.4 Å². The fourth-order valence-corrected chi connectivity index (χ4v) is 1.58. The van der Waals surface area contributed by atoms with Gasteiger partial charge in [0, 0.05) is 11.1 Å². The van der Waals surface area contributed by atoms with Crippen molar-refractivity contribution in [3.8, 4) is 0 Å². The Bertz CT molecular complexity index is 600. The van der Waals surface area contributed by atoms with E-state index < -0.39 is 11.6 Å². The van der Waals surface area contributed by atoms with Crippen LogP contribution in [0.1, 0.15) is 15.9 Å². The van der Waals surface area contributed by atoms with Crippen molar-refractivity contribution in [2.45, 2.75) is 0 Å². The van der Waals surface area contributed by atoms with E-state index in [9.17, 15) is 13.6 Å². The second-order valence-corrected chi connectivity index (χ2v) is 3.82. The van der Waals surface area contributed by atoms with Crippen molar-refractivity contribution in [2.75, 3.05) is 0 Å². The van der Waals surface area contributed by atoms with Gasteiger partial charge in [0.05, 0.1) is 0 Å². The first-order valence-electron chi connectivity index (χ1n) is 5.33. The number of Topliss-reactive ketones (excluding diaryl/α,β-unsaturated/α-hetero) is 1. The highest BCUT2D eigenvalue weighted by molar-refractivity contribution is 6.28. The Kier molecular flexibility index (Phi) is 3.33. The summed E-state index contributed by atoms with van der Waals surface area (Å²) in [6.07, 6.45) is 0. The van der Waals surface area contributed by atoms with Gasteiger partial charge in [-0.3, -0.25) is 4.79 Å². The quantitative estimate of drug-likeness (QED) is 0.592. The Balaban J connectivity index is 2.29. The van der Waals surface area contributed by atoms with Gasteiger partial charge in [0.25, 0.3) is 0 Å². The van der Waals surface area contributed by atoms with Crippen LogP contribution < -0.4 is 0 Å². The molecule has 0 aliphatic carbocycles.